The van der Waals surface area contributed by atoms with E-state index in [9.17, 15) is 0 Å². The number of ether oxygens (including phenoxy) is 1. The first-order chi connectivity index (χ1) is 15.7. The third-order valence-electron chi connectivity index (χ3n) is 5.86. The van der Waals surface area contributed by atoms with Crippen molar-refractivity contribution in [2.24, 2.45) is 14.1 Å². The summed E-state index contributed by atoms with van der Waals surface area (Å²) in [5.41, 5.74) is 7.64. The molecule has 0 atom stereocenters. The first kappa shape index (κ1) is 21.9. The zero-order chi connectivity index (χ0) is 22.7. The molecule has 1 N–H and O–H groups in total. The summed E-state index contributed by atoms with van der Waals surface area (Å²) in [7, 11) is 3.96. The highest BCUT2D eigenvalue weighted by atomic mass is 16.5. The number of aromatic nitrogens is 6. The maximum atomic E-state index is 6.17. The van der Waals surface area contributed by atoms with Gasteiger partial charge in [-0.15, -0.1) is 0 Å². The van der Waals surface area contributed by atoms with Gasteiger partial charge in [0.05, 0.1) is 35.3 Å². The highest BCUT2D eigenvalue weighted by Crippen LogP contribution is 2.33. The second-order valence-electron chi connectivity index (χ2n) is 7.78. The zero-order valence-corrected chi connectivity index (χ0v) is 19.6. The van der Waals surface area contributed by atoms with Crippen LogP contribution in [0.4, 0.5) is 0 Å². The summed E-state index contributed by atoms with van der Waals surface area (Å²) in [6.07, 6.45) is 10.1. The Bertz CT molecular complexity index is 1240. The van der Waals surface area contributed by atoms with Gasteiger partial charge in [0.2, 0.25) is 5.88 Å². The van der Waals surface area contributed by atoms with Crippen LogP contribution in [0.2, 0.25) is 0 Å². The zero-order valence-electron chi connectivity index (χ0n) is 19.6. The van der Waals surface area contributed by atoms with Crippen molar-refractivity contribution in [1.29, 1.82) is 0 Å². The largest absolute Gasteiger partial charge is 0.477 e. The highest BCUT2D eigenvalue weighted by molar-refractivity contribution is 5.93. The van der Waals surface area contributed by atoms with Crippen molar-refractivity contribution in [3.05, 3.63) is 47.0 Å². The first-order valence-corrected chi connectivity index (χ1v) is 11.5. The number of hydrogen-bond acceptors (Lipinski definition) is 4. The first-order valence-electron chi connectivity index (χ1n) is 11.5. The summed E-state index contributed by atoms with van der Waals surface area (Å²) in [4.78, 5) is 0. The molecule has 168 valence electrons. The van der Waals surface area contributed by atoms with Gasteiger partial charge in [-0.3, -0.25) is 9.78 Å². The van der Waals surface area contributed by atoms with Crippen molar-refractivity contribution >= 4 is 23.1 Å². The van der Waals surface area contributed by atoms with Crippen LogP contribution < -0.4 is 4.74 Å². The van der Waals surface area contributed by atoms with E-state index in [2.05, 4.69) is 46.5 Å². The number of aromatic amines is 1. The molecule has 5 rings (SSSR count). The SMILES string of the molecule is CC.CCc1nn(C)c2c1/C=C/c1[nH]nc3ccc(cc13)-c1cnn(C)c1OCCCC2. The third kappa shape index (κ3) is 3.95. The van der Waals surface area contributed by atoms with Crippen molar-refractivity contribution in [3.8, 4) is 17.0 Å². The molecular weight excluding hydrogens is 400 g/mol. The molecule has 3 aromatic heterocycles. The average molecular weight is 433 g/mol. The maximum absolute atomic E-state index is 6.17. The number of nitrogens with zero attached hydrogens (tertiary/aromatic N) is 5. The van der Waals surface area contributed by atoms with Gasteiger partial charge in [-0.05, 0) is 55.5 Å². The van der Waals surface area contributed by atoms with Crippen LogP contribution >= 0.6 is 0 Å². The van der Waals surface area contributed by atoms with Gasteiger partial charge in [0, 0.05) is 30.7 Å². The van der Waals surface area contributed by atoms with Gasteiger partial charge >= 0.3 is 0 Å². The van der Waals surface area contributed by atoms with E-state index in [1.165, 1.54) is 11.3 Å². The maximum Gasteiger partial charge on any atom is 0.219 e. The molecule has 0 saturated carbocycles. The topological polar surface area (TPSA) is 73.5 Å². The number of H-pyrrole nitrogens is 1. The summed E-state index contributed by atoms with van der Waals surface area (Å²) in [5.74, 6) is 0.805. The number of aryl methyl sites for hydroxylation is 3. The van der Waals surface area contributed by atoms with E-state index in [-0.39, 0.29) is 0 Å². The Morgan fingerprint density at radius 3 is 2.75 bits per heavy atom. The number of fused-ring (bicyclic) bond motifs is 4. The quantitative estimate of drug-likeness (QED) is 0.450. The number of nitrogens with one attached hydrogen (secondary N) is 1. The van der Waals surface area contributed by atoms with Crippen LogP contribution in [-0.2, 0) is 26.9 Å². The molecule has 0 amide bonds. The molecule has 4 heterocycles. The normalized spacial score (nSPS) is 14.5. The molecule has 0 radical (unpaired) electrons. The van der Waals surface area contributed by atoms with Crippen LogP contribution in [-0.4, -0.2) is 36.4 Å². The lowest BCUT2D eigenvalue weighted by molar-refractivity contribution is 0.282. The van der Waals surface area contributed by atoms with Gasteiger partial charge in [0.15, 0.2) is 0 Å². The lowest BCUT2D eigenvalue weighted by atomic mass is 10.0. The summed E-state index contributed by atoms with van der Waals surface area (Å²) < 4.78 is 10.00. The number of hydrogen-bond donors (Lipinski definition) is 1. The monoisotopic (exact) mass is 432 g/mol. The van der Waals surface area contributed by atoms with E-state index in [1.54, 1.807) is 4.68 Å². The summed E-state index contributed by atoms with van der Waals surface area (Å²) in [6.45, 7) is 6.82. The molecule has 7 nitrogen and oxygen atoms in total. The smallest absolute Gasteiger partial charge is 0.219 e. The fourth-order valence-electron chi connectivity index (χ4n) is 4.24. The van der Waals surface area contributed by atoms with Crippen LogP contribution in [0.5, 0.6) is 5.88 Å². The van der Waals surface area contributed by atoms with Crippen molar-refractivity contribution in [1.82, 2.24) is 29.8 Å². The number of rotatable bonds is 1. The van der Waals surface area contributed by atoms with Gasteiger partial charge in [-0.1, -0.05) is 26.8 Å². The lowest BCUT2D eigenvalue weighted by Crippen LogP contribution is -2.05. The Morgan fingerprint density at radius 1 is 1.09 bits per heavy atom. The van der Waals surface area contributed by atoms with Crippen molar-refractivity contribution in [2.75, 3.05) is 6.61 Å². The fourth-order valence-corrected chi connectivity index (χ4v) is 4.24. The minimum atomic E-state index is 0.662. The minimum absolute atomic E-state index is 0.662. The van der Waals surface area contributed by atoms with E-state index >= 15 is 0 Å². The van der Waals surface area contributed by atoms with E-state index in [1.807, 2.05) is 44.9 Å². The molecule has 0 fully saturated rings. The van der Waals surface area contributed by atoms with Crippen LogP contribution in [0.1, 0.15) is 56.3 Å². The van der Waals surface area contributed by atoms with E-state index in [4.69, 9.17) is 9.84 Å². The minimum Gasteiger partial charge on any atom is -0.477 e. The second-order valence-corrected chi connectivity index (χ2v) is 7.78. The van der Waals surface area contributed by atoms with Crippen molar-refractivity contribution in [2.45, 2.75) is 46.5 Å². The predicted octanol–water partition coefficient (Wildman–Crippen LogP) is 5.17. The van der Waals surface area contributed by atoms with Crippen molar-refractivity contribution in [3.63, 3.8) is 0 Å². The van der Waals surface area contributed by atoms with Crippen molar-refractivity contribution < 1.29 is 4.74 Å². The molecule has 1 aromatic carbocycles. The standard InChI is InChI=1S/C23H26N6O.C2H6/c1-4-19-16-9-11-21-17-13-15(8-10-20(17)25-26-21)18-14-24-29(3)23(18)30-12-6-5-7-22(16)28(2)27-19;1-2/h8-11,13-14H,4-7,12H2,1-3H3,(H,25,26);1-2H3/b11-9+;. The average Bonchev–Trinajstić information content (AvgIpc) is 3.48. The predicted molar refractivity (Wildman–Crippen MR) is 130 cm³/mol. The Hall–Kier alpha value is -3.35. The summed E-state index contributed by atoms with van der Waals surface area (Å²) >= 11 is 0. The molecule has 0 saturated heterocycles. The van der Waals surface area contributed by atoms with Gasteiger partial charge in [-0.25, -0.2) is 4.68 Å². The van der Waals surface area contributed by atoms with Crippen LogP contribution in [0.25, 0.3) is 34.2 Å². The second kappa shape index (κ2) is 9.42. The Balaban J connectivity index is 0.00000119. The van der Waals surface area contributed by atoms with Gasteiger partial charge in [-0.2, -0.15) is 15.3 Å². The van der Waals surface area contributed by atoms with E-state index in [0.29, 0.717) is 6.61 Å². The molecule has 2 bridgehead atoms. The van der Waals surface area contributed by atoms with Gasteiger partial charge in [0.1, 0.15) is 0 Å². The molecule has 7 heteroatoms. The van der Waals surface area contributed by atoms with E-state index < -0.39 is 0 Å². The Morgan fingerprint density at radius 2 is 1.94 bits per heavy atom. The molecule has 1 aliphatic rings. The molecule has 4 aromatic rings. The van der Waals surface area contributed by atoms with Crippen LogP contribution in [0.15, 0.2) is 24.4 Å². The molecule has 32 heavy (non-hydrogen) atoms. The summed E-state index contributed by atoms with van der Waals surface area (Å²) in [5, 5.41) is 17.9. The van der Waals surface area contributed by atoms with Gasteiger partial charge in [0.25, 0.3) is 0 Å². The van der Waals surface area contributed by atoms with Gasteiger partial charge < -0.3 is 4.74 Å². The van der Waals surface area contributed by atoms with Crippen LogP contribution in [0.3, 0.4) is 0 Å². The molecule has 0 aliphatic carbocycles. The third-order valence-corrected chi connectivity index (χ3v) is 5.86. The lowest BCUT2D eigenvalue weighted by Gasteiger charge is -2.10. The fraction of sp³-hybridized carbons (Fsp3) is 0.400. The summed E-state index contributed by atoms with van der Waals surface area (Å²) in [6, 6.07) is 6.28. The molecule has 0 spiro atoms. The Labute approximate surface area is 189 Å². The number of benzene rings is 1. The van der Waals surface area contributed by atoms with Crippen LogP contribution in [0, 0.1) is 0 Å². The molecule has 0 unspecified atom stereocenters. The Kier molecular flexibility index (Phi) is 6.44. The highest BCUT2D eigenvalue weighted by Gasteiger charge is 2.16. The molecular formula is C25H32N6O. The van der Waals surface area contributed by atoms with E-state index in [0.717, 1.165) is 65.0 Å². The molecule has 1 aliphatic heterocycles.